The first kappa shape index (κ1) is 15.3. The minimum absolute atomic E-state index is 0.0487. The molecule has 0 aromatic carbocycles. The van der Waals surface area contributed by atoms with Gasteiger partial charge in [-0.05, 0) is 86.4 Å². The topological polar surface area (TPSA) is 66.5 Å². The van der Waals surface area contributed by atoms with Gasteiger partial charge in [-0.1, -0.05) is 12.2 Å². The van der Waals surface area contributed by atoms with Crippen molar-refractivity contribution in [1.82, 2.24) is 10.4 Å². The van der Waals surface area contributed by atoms with Crippen molar-refractivity contribution in [3.63, 3.8) is 0 Å². The highest BCUT2D eigenvalue weighted by atomic mass is 16.2. The van der Waals surface area contributed by atoms with Crippen LogP contribution < -0.4 is 5.43 Å². The molecular formula is C22H26N2O3. The zero-order valence-electron chi connectivity index (χ0n) is 15.5. The molecule has 5 nitrogen and oxygen atoms in total. The van der Waals surface area contributed by atoms with Crippen LogP contribution in [0.2, 0.25) is 0 Å². The quantitative estimate of drug-likeness (QED) is 0.602. The molecule has 6 bridgehead atoms. The van der Waals surface area contributed by atoms with Crippen LogP contribution in [-0.2, 0) is 14.4 Å². The second kappa shape index (κ2) is 4.66. The van der Waals surface area contributed by atoms with E-state index in [1.54, 1.807) is 0 Å². The number of allylic oxidation sites excluding steroid dienone is 2. The number of carbonyl (C=O) groups is 3. The van der Waals surface area contributed by atoms with Crippen LogP contribution in [0, 0.1) is 58.7 Å². The molecule has 1 saturated heterocycles. The summed E-state index contributed by atoms with van der Waals surface area (Å²) in [5, 5.41) is 1.15. The molecule has 9 rings (SSSR count). The van der Waals surface area contributed by atoms with Gasteiger partial charge >= 0.3 is 0 Å². The summed E-state index contributed by atoms with van der Waals surface area (Å²) in [5.41, 5.74) is 2.53. The lowest BCUT2D eigenvalue weighted by molar-refractivity contribution is -0.160. The second-order valence-electron chi connectivity index (χ2n) is 10.8. The maximum absolute atomic E-state index is 13.3. The highest BCUT2D eigenvalue weighted by molar-refractivity contribution is 6.07. The molecule has 0 aromatic rings. The number of hydrogen-bond acceptors (Lipinski definition) is 3. The molecule has 5 heteroatoms. The van der Waals surface area contributed by atoms with Crippen LogP contribution in [0.5, 0.6) is 0 Å². The summed E-state index contributed by atoms with van der Waals surface area (Å²) in [6, 6.07) is 0. The first-order chi connectivity index (χ1) is 13.0. The van der Waals surface area contributed by atoms with Crippen molar-refractivity contribution >= 4 is 17.7 Å². The number of amides is 3. The lowest BCUT2D eigenvalue weighted by Crippen LogP contribution is -2.58. The Morgan fingerprint density at radius 3 is 1.81 bits per heavy atom. The van der Waals surface area contributed by atoms with Gasteiger partial charge in [0, 0.05) is 0 Å². The van der Waals surface area contributed by atoms with E-state index in [9.17, 15) is 14.4 Å². The minimum Gasteiger partial charge on any atom is -0.273 e. The standard InChI is InChI=1S/C22H26N2O3/c25-19-17-13-1-2-14(16-6-15(13)16)18(17)20(26)24(19)23-21(27)22-7-10-3-11(8-22)5-12(4-10)9-22/h1-2,10-18H,3-9H2,(H,23,27)/t10?,11?,12?,13-,14-,15-,16-,17+,18+,22?/m0/s1. The monoisotopic (exact) mass is 366 g/mol. The largest absolute Gasteiger partial charge is 0.273 e. The van der Waals surface area contributed by atoms with Gasteiger partial charge in [-0.25, -0.2) is 0 Å². The third-order valence-electron chi connectivity index (χ3n) is 9.40. The zero-order chi connectivity index (χ0) is 18.1. The Morgan fingerprint density at radius 2 is 1.33 bits per heavy atom. The Bertz CT molecular complexity index is 745. The lowest BCUT2D eigenvalue weighted by atomic mass is 9.49. The van der Waals surface area contributed by atoms with Crippen LogP contribution in [0.4, 0.5) is 0 Å². The SMILES string of the molecule is O=C1[C@@H]2[C@H]3C=C[C@@H]([C@@H]4C[C@@H]34)[C@H]2C(=O)N1NC(=O)C12CC3CC(CC(C3)C1)C2. The Balaban J connectivity index is 1.16. The van der Waals surface area contributed by atoms with Crippen molar-refractivity contribution in [3.05, 3.63) is 12.2 Å². The predicted octanol–water partition coefficient (Wildman–Crippen LogP) is 2.29. The Kier molecular flexibility index (Phi) is 2.64. The molecule has 0 radical (unpaired) electrons. The van der Waals surface area contributed by atoms with Crippen molar-refractivity contribution < 1.29 is 14.4 Å². The maximum atomic E-state index is 13.3. The number of hydrogen-bond donors (Lipinski definition) is 1. The van der Waals surface area contributed by atoms with Gasteiger partial charge < -0.3 is 0 Å². The fourth-order valence-corrected chi connectivity index (χ4v) is 8.68. The van der Waals surface area contributed by atoms with Gasteiger partial charge in [0.25, 0.3) is 11.8 Å². The van der Waals surface area contributed by atoms with Gasteiger partial charge in [-0.2, -0.15) is 5.01 Å². The smallest absolute Gasteiger partial charge is 0.252 e. The average Bonchev–Trinajstić information content (AvgIpc) is 3.41. The van der Waals surface area contributed by atoms with Gasteiger partial charge in [0.05, 0.1) is 17.3 Å². The maximum Gasteiger partial charge on any atom is 0.252 e. The molecule has 0 aromatic heterocycles. The molecule has 1 aliphatic heterocycles. The van der Waals surface area contributed by atoms with E-state index < -0.39 is 0 Å². The van der Waals surface area contributed by atoms with Gasteiger partial charge in [-0.15, -0.1) is 0 Å². The molecular weight excluding hydrogens is 340 g/mol. The number of carbonyl (C=O) groups excluding carboxylic acids is 3. The Hall–Kier alpha value is -1.65. The van der Waals surface area contributed by atoms with E-state index in [1.807, 2.05) is 0 Å². The van der Waals surface area contributed by atoms with E-state index in [-0.39, 0.29) is 46.8 Å². The summed E-state index contributed by atoms with van der Waals surface area (Å²) in [7, 11) is 0. The average molecular weight is 366 g/mol. The van der Waals surface area contributed by atoms with E-state index in [1.165, 1.54) is 19.3 Å². The highest BCUT2D eigenvalue weighted by Gasteiger charge is 2.67. The van der Waals surface area contributed by atoms with Crippen LogP contribution in [0.3, 0.4) is 0 Å². The van der Waals surface area contributed by atoms with E-state index in [2.05, 4.69) is 17.6 Å². The molecule has 8 aliphatic carbocycles. The summed E-state index contributed by atoms with van der Waals surface area (Å²) >= 11 is 0. The first-order valence-corrected chi connectivity index (χ1v) is 10.9. The summed E-state index contributed by atoms with van der Waals surface area (Å²) in [6.07, 6.45) is 12.2. The van der Waals surface area contributed by atoms with Crippen LogP contribution in [0.25, 0.3) is 0 Å². The van der Waals surface area contributed by atoms with E-state index in [4.69, 9.17) is 0 Å². The van der Waals surface area contributed by atoms with Gasteiger partial charge in [0.2, 0.25) is 5.91 Å². The van der Waals surface area contributed by atoms with Crippen molar-refractivity contribution in [3.8, 4) is 0 Å². The molecule has 0 spiro atoms. The Labute approximate surface area is 158 Å². The van der Waals surface area contributed by atoms with E-state index in [0.717, 1.165) is 30.7 Å². The summed E-state index contributed by atoms with van der Waals surface area (Å²) < 4.78 is 0. The molecule has 6 saturated carbocycles. The fraction of sp³-hybridized carbons (Fsp3) is 0.773. The van der Waals surface area contributed by atoms with Crippen LogP contribution in [0.15, 0.2) is 12.2 Å². The summed E-state index contributed by atoms with van der Waals surface area (Å²) in [4.78, 5) is 39.6. The molecule has 9 aliphatic rings. The van der Waals surface area contributed by atoms with Crippen LogP contribution in [0.1, 0.15) is 44.9 Å². The minimum atomic E-state index is -0.331. The second-order valence-corrected chi connectivity index (χ2v) is 10.8. The molecule has 3 amide bonds. The Morgan fingerprint density at radius 1 is 0.852 bits per heavy atom. The number of nitrogens with one attached hydrogen (secondary N) is 1. The van der Waals surface area contributed by atoms with Crippen molar-refractivity contribution in [2.24, 2.45) is 58.7 Å². The molecule has 7 fully saturated rings. The van der Waals surface area contributed by atoms with Crippen molar-refractivity contribution in [2.75, 3.05) is 0 Å². The zero-order valence-corrected chi connectivity index (χ0v) is 15.5. The van der Waals surface area contributed by atoms with Crippen LogP contribution >= 0.6 is 0 Å². The summed E-state index contributed by atoms with van der Waals surface area (Å²) in [6.45, 7) is 0. The number of hydrazine groups is 1. The van der Waals surface area contributed by atoms with Gasteiger partial charge in [0.1, 0.15) is 0 Å². The molecule has 1 N–H and O–H groups in total. The lowest BCUT2D eigenvalue weighted by Gasteiger charge is -2.55. The van der Waals surface area contributed by atoms with Gasteiger partial charge in [-0.3, -0.25) is 19.8 Å². The number of rotatable bonds is 2. The third-order valence-corrected chi connectivity index (χ3v) is 9.40. The van der Waals surface area contributed by atoms with E-state index >= 15 is 0 Å². The number of imide groups is 1. The van der Waals surface area contributed by atoms with Gasteiger partial charge in [0.15, 0.2) is 0 Å². The molecule has 27 heavy (non-hydrogen) atoms. The summed E-state index contributed by atoms with van der Waals surface area (Å²) in [5.74, 6) is 2.82. The molecule has 142 valence electrons. The van der Waals surface area contributed by atoms with E-state index in [0.29, 0.717) is 29.6 Å². The number of nitrogens with zero attached hydrogens (tertiary/aromatic N) is 1. The fourth-order valence-electron chi connectivity index (χ4n) is 8.68. The van der Waals surface area contributed by atoms with Crippen molar-refractivity contribution in [1.29, 1.82) is 0 Å². The third kappa shape index (κ3) is 1.79. The molecule has 0 unspecified atom stereocenters. The predicted molar refractivity (Wildman–Crippen MR) is 95.3 cm³/mol. The molecule has 6 atom stereocenters. The van der Waals surface area contributed by atoms with Crippen molar-refractivity contribution in [2.45, 2.75) is 44.9 Å². The molecule has 1 heterocycles. The highest BCUT2D eigenvalue weighted by Crippen LogP contribution is 2.65. The normalized spacial score (nSPS) is 55.7. The first-order valence-electron chi connectivity index (χ1n) is 10.9. The van der Waals surface area contributed by atoms with Crippen LogP contribution in [-0.4, -0.2) is 22.7 Å².